The highest BCUT2D eigenvalue weighted by molar-refractivity contribution is 7.13. The molecule has 1 heterocycles. The monoisotopic (exact) mass is 350 g/mol. The molecule has 0 fully saturated rings. The molecule has 0 aliphatic rings. The average molecular weight is 350 g/mol. The summed E-state index contributed by atoms with van der Waals surface area (Å²) in [7, 11) is 0. The van der Waals surface area contributed by atoms with Crippen LogP contribution in [0.25, 0.3) is 10.6 Å². The van der Waals surface area contributed by atoms with Crippen molar-refractivity contribution in [2.24, 2.45) is 10.7 Å². The Bertz CT molecular complexity index is 840. The Hall–Kier alpha value is -2.66. The Balaban J connectivity index is 1.55. The van der Waals surface area contributed by atoms with Gasteiger partial charge in [-0.15, -0.1) is 11.3 Å². The molecule has 3 aromatic rings. The maximum Gasteiger partial charge on any atom is 0.193 e. The highest BCUT2D eigenvalue weighted by Crippen LogP contribution is 2.23. The van der Waals surface area contributed by atoms with Gasteiger partial charge < -0.3 is 11.1 Å². The Labute approximate surface area is 152 Å². The third-order valence-corrected chi connectivity index (χ3v) is 4.77. The van der Waals surface area contributed by atoms with E-state index in [0.717, 1.165) is 34.8 Å². The van der Waals surface area contributed by atoms with E-state index in [2.05, 4.69) is 51.9 Å². The highest BCUT2D eigenvalue weighted by Gasteiger charge is 2.04. The second-order valence-electron chi connectivity index (χ2n) is 5.71. The van der Waals surface area contributed by atoms with E-state index in [1.165, 1.54) is 5.56 Å². The van der Waals surface area contributed by atoms with Crippen LogP contribution in [-0.2, 0) is 12.8 Å². The van der Waals surface area contributed by atoms with Gasteiger partial charge in [0.25, 0.3) is 0 Å². The van der Waals surface area contributed by atoms with E-state index in [4.69, 9.17) is 5.73 Å². The number of nitrogens with one attached hydrogen (secondary N) is 1. The Kier molecular flexibility index (Phi) is 5.80. The maximum atomic E-state index is 5.98. The fourth-order valence-corrected chi connectivity index (χ4v) is 3.34. The van der Waals surface area contributed by atoms with Crippen LogP contribution in [0, 0.1) is 0 Å². The number of benzene rings is 2. The molecule has 3 N–H and O–H groups in total. The Morgan fingerprint density at radius 3 is 2.80 bits per heavy atom. The van der Waals surface area contributed by atoms with Crippen LogP contribution < -0.4 is 11.1 Å². The summed E-state index contributed by atoms with van der Waals surface area (Å²) in [6.45, 7) is 2.75. The first-order valence-corrected chi connectivity index (χ1v) is 9.28. The molecule has 0 saturated heterocycles. The molecule has 0 amide bonds. The molecule has 128 valence electrons. The molecule has 0 unspecified atom stereocenters. The number of hydrogen-bond donors (Lipinski definition) is 2. The molecule has 25 heavy (non-hydrogen) atoms. The summed E-state index contributed by atoms with van der Waals surface area (Å²) in [5.41, 5.74) is 10.4. The fraction of sp³-hybridized carbons (Fsp3) is 0.200. The van der Waals surface area contributed by atoms with Gasteiger partial charge in [-0.1, -0.05) is 49.4 Å². The summed E-state index contributed by atoms with van der Waals surface area (Å²) in [5, 5.41) is 6.28. The third-order valence-electron chi connectivity index (χ3n) is 3.83. The minimum absolute atomic E-state index is 0.437. The number of aromatic nitrogens is 1. The second-order valence-corrected chi connectivity index (χ2v) is 6.56. The van der Waals surface area contributed by atoms with E-state index < -0.39 is 0 Å². The number of hydrogen-bond acceptors (Lipinski definition) is 3. The van der Waals surface area contributed by atoms with Gasteiger partial charge >= 0.3 is 0 Å². The maximum absolute atomic E-state index is 5.98. The number of guanidine groups is 1. The molecule has 0 aliphatic heterocycles. The molecule has 3 rings (SSSR count). The van der Waals surface area contributed by atoms with E-state index >= 15 is 0 Å². The summed E-state index contributed by atoms with van der Waals surface area (Å²) >= 11 is 1.66. The van der Waals surface area contributed by atoms with Crippen LogP contribution in [-0.4, -0.2) is 17.5 Å². The fourth-order valence-electron chi connectivity index (χ4n) is 2.48. The van der Waals surface area contributed by atoms with Crippen LogP contribution in [0.4, 0.5) is 5.69 Å². The molecule has 0 radical (unpaired) electrons. The number of rotatable bonds is 6. The SMILES string of the molecule is CCc1cccc(NC(N)=NCCc2csc(-c3ccccc3)n2)c1. The van der Waals surface area contributed by atoms with Crippen molar-refractivity contribution >= 4 is 23.0 Å². The minimum Gasteiger partial charge on any atom is -0.370 e. The minimum atomic E-state index is 0.437. The van der Waals surface area contributed by atoms with Gasteiger partial charge in [-0.05, 0) is 24.1 Å². The molecule has 0 bridgehead atoms. The van der Waals surface area contributed by atoms with E-state index in [1.54, 1.807) is 11.3 Å². The first-order valence-electron chi connectivity index (χ1n) is 8.40. The van der Waals surface area contributed by atoms with E-state index in [9.17, 15) is 0 Å². The van der Waals surface area contributed by atoms with Crippen LogP contribution in [0.5, 0.6) is 0 Å². The van der Waals surface area contributed by atoms with Crippen molar-refractivity contribution < 1.29 is 0 Å². The number of nitrogens with zero attached hydrogens (tertiary/aromatic N) is 2. The zero-order chi connectivity index (χ0) is 17.5. The Morgan fingerprint density at radius 1 is 1.16 bits per heavy atom. The van der Waals surface area contributed by atoms with Crippen molar-refractivity contribution in [3.05, 3.63) is 71.2 Å². The van der Waals surface area contributed by atoms with Crippen molar-refractivity contribution in [2.75, 3.05) is 11.9 Å². The number of aliphatic imine (C=N–C) groups is 1. The van der Waals surface area contributed by atoms with Gasteiger partial charge in [0.15, 0.2) is 5.96 Å². The van der Waals surface area contributed by atoms with Crippen molar-refractivity contribution in [2.45, 2.75) is 19.8 Å². The smallest absolute Gasteiger partial charge is 0.193 e. The molecule has 0 atom stereocenters. The van der Waals surface area contributed by atoms with Crippen molar-refractivity contribution in [1.82, 2.24) is 4.98 Å². The van der Waals surface area contributed by atoms with Crippen molar-refractivity contribution in [1.29, 1.82) is 0 Å². The Morgan fingerprint density at radius 2 is 2.00 bits per heavy atom. The predicted molar refractivity (Wildman–Crippen MR) is 107 cm³/mol. The van der Waals surface area contributed by atoms with Crippen LogP contribution in [0.1, 0.15) is 18.2 Å². The van der Waals surface area contributed by atoms with Crippen molar-refractivity contribution in [3.8, 4) is 10.6 Å². The number of anilines is 1. The predicted octanol–water partition coefficient (Wildman–Crippen LogP) is 4.34. The topological polar surface area (TPSA) is 63.3 Å². The molecule has 2 aromatic carbocycles. The van der Waals surface area contributed by atoms with Crippen LogP contribution in [0.3, 0.4) is 0 Å². The van der Waals surface area contributed by atoms with Crippen LogP contribution in [0.15, 0.2) is 65.0 Å². The van der Waals surface area contributed by atoms with E-state index in [0.29, 0.717) is 12.5 Å². The molecule has 4 nitrogen and oxygen atoms in total. The number of thiazole rings is 1. The number of nitrogens with two attached hydrogens (primary N) is 1. The van der Waals surface area contributed by atoms with Gasteiger partial charge in [-0.3, -0.25) is 4.99 Å². The first kappa shape index (κ1) is 17.2. The zero-order valence-corrected chi connectivity index (χ0v) is 15.1. The lowest BCUT2D eigenvalue weighted by Crippen LogP contribution is -2.23. The second kappa shape index (κ2) is 8.44. The summed E-state index contributed by atoms with van der Waals surface area (Å²) in [4.78, 5) is 9.07. The molecule has 0 spiro atoms. The summed E-state index contributed by atoms with van der Waals surface area (Å²) in [5.74, 6) is 0.437. The first-order chi connectivity index (χ1) is 12.2. The van der Waals surface area contributed by atoms with Gasteiger partial charge in [-0.2, -0.15) is 0 Å². The lowest BCUT2D eigenvalue weighted by atomic mass is 10.1. The van der Waals surface area contributed by atoms with Gasteiger partial charge in [0.1, 0.15) is 5.01 Å². The summed E-state index contributed by atoms with van der Waals surface area (Å²) in [6.07, 6.45) is 1.78. The summed E-state index contributed by atoms with van der Waals surface area (Å²) in [6, 6.07) is 18.4. The molecular formula is C20H22N4S. The van der Waals surface area contributed by atoms with E-state index in [1.807, 2.05) is 30.3 Å². The van der Waals surface area contributed by atoms with Gasteiger partial charge in [-0.25, -0.2) is 4.98 Å². The molecular weight excluding hydrogens is 328 g/mol. The van der Waals surface area contributed by atoms with Crippen molar-refractivity contribution in [3.63, 3.8) is 0 Å². The standard InChI is InChI=1S/C20H22N4S/c1-2-15-7-6-10-17(13-15)24-20(21)22-12-11-18-14-25-19(23-18)16-8-4-3-5-9-16/h3-10,13-14H,2,11-12H2,1H3,(H3,21,22,24). The lowest BCUT2D eigenvalue weighted by Gasteiger charge is -2.06. The zero-order valence-electron chi connectivity index (χ0n) is 14.3. The lowest BCUT2D eigenvalue weighted by molar-refractivity contribution is 0.934. The third kappa shape index (κ3) is 4.90. The van der Waals surface area contributed by atoms with Gasteiger partial charge in [0.2, 0.25) is 0 Å². The molecule has 0 aliphatic carbocycles. The normalized spacial score (nSPS) is 11.5. The number of aryl methyl sites for hydroxylation is 1. The largest absolute Gasteiger partial charge is 0.370 e. The molecule has 1 aromatic heterocycles. The van der Waals surface area contributed by atoms with Crippen LogP contribution in [0.2, 0.25) is 0 Å². The molecule has 0 saturated carbocycles. The summed E-state index contributed by atoms with van der Waals surface area (Å²) < 4.78 is 0. The van der Waals surface area contributed by atoms with E-state index in [-0.39, 0.29) is 0 Å². The average Bonchev–Trinajstić information content (AvgIpc) is 3.11. The van der Waals surface area contributed by atoms with Gasteiger partial charge in [0.05, 0.1) is 5.69 Å². The molecule has 5 heteroatoms. The quantitative estimate of drug-likeness (QED) is 0.513. The highest BCUT2D eigenvalue weighted by atomic mass is 32.1. The van der Waals surface area contributed by atoms with Crippen LogP contribution >= 0.6 is 11.3 Å². The van der Waals surface area contributed by atoms with Gasteiger partial charge in [0, 0.05) is 29.6 Å².